The second kappa shape index (κ2) is 5.49. The number of aromatic nitrogens is 1. The molecule has 20 heavy (non-hydrogen) atoms. The molecule has 0 aromatic carbocycles. The average Bonchev–Trinajstić information content (AvgIpc) is 2.55. The van der Waals surface area contributed by atoms with Crippen molar-refractivity contribution in [2.24, 2.45) is 5.73 Å². The van der Waals surface area contributed by atoms with Crippen molar-refractivity contribution in [2.75, 3.05) is 6.54 Å². The highest BCUT2D eigenvalue weighted by Crippen LogP contribution is 2.38. The number of hydrogen-bond donors (Lipinski definition) is 1. The van der Waals surface area contributed by atoms with E-state index in [1.807, 2.05) is 33.8 Å². The lowest BCUT2D eigenvalue weighted by molar-refractivity contribution is 0.00578. The first-order valence-corrected chi connectivity index (χ1v) is 7.01. The monoisotopic (exact) mass is 294 g/mol. The van der Waals surface area contributed by atoms with Crippen molar-refractivity contribution < 1.29 is 9.31 Å². The molecule has 1 aliphatic heterocycles. The largest absolute Gasteiger partial charge is 0.491 e. The molecule has 0 saturated carbocycles. The molecular formula is C14H20BClN2O2. The van der Waals surface area contributed by atoms with Gasteiger partial charge in [0.15, 0.2) is 0 Å². The number of halogens is 1. The summed E-state index contributed by atoms with van der Waals surface area (Å²) in [5.41, 5.74) is 6.65. The molecule has 1 aromatic heterocycles. The van der Waals surface area contributed by atoms with Crippen LogP contribution in [0.4, 0.5) is 0 Å². The van der Waals surface area contributed by atoms with Crippen LogP contribution in [-0.2, 0) is 9.31 Å². The Balaban J connectivity index is 2.26. The molecule has 2 heterocycles. The summed E-state index contributed by atoms with van der Waals surface area (Å²) in [5.74, 6) is 0. The zero-order chi connectivity index (χ0) is 15.0. The van der Waals surface area contributed by atoms with Crippen molar-refractivity contribution in [1.82, 2.24) is 4.98 Å². The summed E-state index contributed by atoms with van der Waals surface area (Å²) in [4.78, 5) is 4.24. The van der Waals surface area contributed by atoms with E-state index in [4.69, 9.17) is 26.6 Å². The molecule has 0 unspecified atom stereocenters. The third-order valence-corrected chi connectivity index (χ3v) is 4.10. The molecule has 0 aliphatic carbocycles. The molecule has 0 radical (unpaired) electrons. The summed E-state index contributed by atoms with van der Waals surface area (Å²) >= 11 is 5.96. The van der Waals surface area contributed by atoms with E-state index in [1.165, 1.54) is 0 Å². The second-order valence-corrected chi connectivity index (χ2v) is 6.35. The van der Waals surface area contributed by atoms with Crippen molar-refractivity contribution in [3.05, 3.63) is 34.5 Å². The summed E-state index contributed by atoms with van der Waals surface area (Å²) in [6.07, 6.45) is 3.53. The highest BCUT2D eigenvalue weighted by atomic mass is 35.5. The number of hydrogen-bond acceptors (Lipinski definition) is 4. The van der Waals surface area contributed by atoms with Crippen LogP contribution in [0.25, 0.3) is 6.08 Å². The maximum atomic E-state index is 5.99. The van der Waals surface area contributed by atoms with E-state index in [2.05, 4.69) is 4.98 Å². The molecule has 2 rings (SSSR count). The van der Waals surface area contributed by atoms with Gasteiger partial charge in [0.05, 0.1) is 16.9 Å². The molecule has 6 heteroatoms. The molecule has 1 saturated heterocycles. The van der Waals surface area contributed by atoms with Crippen LogP contribution in [0, 0.1) is 0 Å². The Kier molecular flexibility index (Phi) is 4.26. The van der Waals surface area contributed by atoms with Gasteiger partial charge in [-0.25, -0.2) is 0 Å². The maximum Gasteiger partial charge on any atom is 0.491 e. The Morgan fingerprint density at radius 2 is 1.95 bits per heavy atom. The zero-order valence-corrected chi connectivity index (χ0v) is 13.1. The molecule has 1 aromatic rings. The van der Waals surface area contributed by atoms with Crippen molar-refractivity contribution in [3.63, 3.8) is 0 Å². The summed E-state index contributed by atoms with van der Waals surface area (Å²) in [7, 11) is -0.453. The highest BCUT2D eigenvalue weighted by molar-refractivity contribution is 6.55. The third kappa shape index (κ3) is 3.06. The van der Waals surface area contributed by atoms with E-state index in [9.17, 15) is 0 Å². The third-order valence-electron chi connectivity index (χ3n) is 3.87. The van der Waals surface area contributed by atoms with Crippen molar-refractivity contribution in [1.29, 1.82) is 0 Å². The van der Waals surface area contributed by atoms with Crippen molar-refractivity contribution in [3.8, 4) is 0 Å². The van der Waals surface area contributed by atoms with Crippen LogP contribution in [0.2, 0.25) is 5.02 Å². The Hall–Kier alpha value is -0.875. The molecule has 0 amide bonds. The van der Waals surface area contributed by atoms with Gasteiger partial charge in [-0.1, -0.05) is 11.6 Å². The molecule has 1 aliphatic rings. The molecule has 0 spiro atoms. The van der Waals surface area contributed by atoms with Crippen LogP contribution in [0.15, 0.2) is 23.8 Å². The SMILES string of the molecule is CC1(C)OB(C(=Cc2cc(Cl)ccn2)CN)OC1(C)C. The minimum absolute atomic E-state index is 0.338. The molecule has 0 bridgehead atoms. The van der Waals surface area contributed by atoms with Crippen LogP contribution >= 0.6 is 11.6 Å². The highest BCUT2D eigenvalue weighted by Gasteiger charge is 2.52. The quantitative estimate of drug-likeness (QED) is 0.871. The Morgan fingerprint density at radius 3 is 2.45 bits per heavy atom. The lowest BCUT2D eigenvalue weighted by Gasteiger charge is -2.32. The summed E-state index contributed by atoms with van der Waals surface area (Å²) in [5, 5.41) is 0.636. The van der Waals surface area contributed by atoms with E-state index >= 15 is 0 Å². The van der Waals surface area contributed by atoms with Crippen LogP contribution in [0.5, 0.6) is 0 Å². The lowest BCUT2D eigenvalue weighted by atomic mass is 9.77. The first-order valence-electron chi connectivity index (χ1n) is 6.63. The Labute approximate surface area is 125 Å². The van der Waals surface area contributed by atoms with E-state index in [1.54, 1.807) is 18.3 Å². The van der Waals surface area contributed by atoms with Crippen LogP contribution in [0.1, 0.15) is 33.4 Å². The summed E-state index contributed by atoms with van der Waals surface area (Å²) in [6.45, 7) is 8.39. The maximum absolute atomic E-state index is 5.99. The number of pyridine rings is 1. The van der Waals surface area contributed by atoms with Crippen LogP contribution < -0.4 is 5.73 Å². The van der Waals surface area contributed by atoms with E-state index < -0.39 is 7.12 Å². The van der Waals surface area contributed by atoms with Gasteiger partial charge in [0.25, 0.3) is 0 Å². The fraction of sp³-hybridized carbons (Fsp3) is 0.500. The van der Waals surface area contributed by atoms with E-state index in [0.29, 0.717) is 11.6 Å². The first kappa shape index (κ1) is 15.5. The minimum atomic E-state index is -0.453. The van der Waals surface area contributed by atoms with Gasteiger partial charge < -0.3 is 15.0 Å². The normalized spacial score (nSPS) is 21.3. The molecular weight excluding hydrogens is 274 g/mol. The summed E-state index contributed by atoms with van der Waals surface area (Å²) < 4.78 is 12.0. The fourth-order valence-corrected chi connectivity index (χ4v) is 2.08. The minimum Gasteiger partial charge on any atom is -0.400 e. The van der Waals surface area contributed by atoms with Gasteiger partial charge in [0.2, 0.25) is 0 Å². The molecule has 2 N–H and O–H groups in total. The van der Waals surface area contributed by atoms with Gasteiger partial charge >= 0.3 is 7.12 Å². The Bertz CT molecular complexity index is 516. The first-order chi connectivity index (χ1) is 9.25. The molecule has 108 valence electrons. The lowest BCUT2D eigenvalue weighted by Crippen LogP contribution is -2.41. The second-order valence-electron chi connectivity index (χ2n) is 5.91. The standard InChI is InChI=1S/C14H20BClN2O2/c1-13(2)14(3,4)20-15(19-13)10(9-17)7-12-8-11(16)5-6-18-12/h5-8H,9,17H2,1-4H3. The van der Waals surface area contributed by atoms with Gasteiger partial charge in [0.1, 0.15) is 0 Å². The number of rotatable bonds is 3. The number of nitrogens with zero attached hydrogens (tertiary/aromatic N) is 1. The van der Waals surface area contributed by atoms with Crippen LogP contribution in [0.3, 0.4) is 0 Å². The molecule has 0 atom stereocenters. The number of nitrogens with two attached hydrogens (primary N) is 1. The van der Waals surface area contributed by atoms with Gasteiger partial charge in [-0.15, -0.1) is 0 Å². The van der Waals surface area contributed by atoms with E-state index in [-0.39, 0.29) is 11.2 Å². The van der Waals surface area contributed by atoms with Gasteiger partial charge in [-0.3, -0.25) is 4.98 Å². The fourth-order valence-electron chi connectivity index (χ4n) is 1.91. The molecule has 1 fully saturated rings. The topological polar surface area (TPSA) is 57.4 Å². The Morgan fingerprint density at radius 1 is 1.35 bits per heavy atom. The average molecular weight is 295 g/mol. The van der Waals surface area contributed by atoms with Crippen LogP contribution in [-0.4, -0.2) is 29.8 Å². The van der Waals surface area contributed by atoms with Crippen molar-refractivity contribution >= 4 is 24.8 Å². The molecule has 4 nitrogen and oxygen atoms in total. The smallest absolute Gasteiger partial charge is 0.400 e. The zero-order valence-electron chi connectivity index (χ0n) is 12.3. The van der Waals surface area contributed by atoms with Gasteiger partial charge in [-0.05, 0) is 51.4 Å². The summed E-state index contributed by atoms with van der Waals surface area (Å²) in [6, 6.07) is 3.51. The predicted octanol–water partition coefficient (Wildman–Crippen LogP) is 2.71. The predicted molar refractivity (Wildman–Crippen MR) is 82.4 cm³/mol. The van der Waals surface area contributed by atoms with Crippen molar-refractivity contribution in [2.45, 2.75) is 38.9 Å². The van der Waals surface area contributed by atoms with Gasteiger partial charge in [0, 0.05) is 17.8 Å². The van der Waals surface area contributed by atoms with E-state index in [0.717, 1.165) is 11.2 Å². The van der Waals surface area contributed by atoms with Gasteiger partial charge in [-0.2, -0.15) is 0 Å².